The van der Waals surface area contributed by atoms with Crippen LogP contribution in [0.3, 0.4) is 0 Å². The molecule has 2 aromatic carbocycles. The lowest BCUT2D eigenvalue weighted by molar-refractivity contribution is -0.121. The molecule has 1 N–H and O–H groups in total. The van der Waals surface area contributed by atoms with E-state index in [1.807, 2.05) is 42.5 Å². The number of pyridine rings is 1. The number of amides is 1. The third-order valence-corrected chi connectivity index (χ3v) is 6.04. The van der Waals surface area contributed by atoms with E-state index < -0.39 is 0 Å². The zero-order valence-electron chi connectivity index (χ0n) is 19.8. The molecule has 0 saturated heterocycles. The van der Waals surface area contributed by atoms with Crippen LogP contribution in [0.2, 0.25) is 0 Å². The Hall–Kier alpha value is -4.32. The van der Waals surface area contributed by atoms with Gasteiger partial charge in [-0.15, -0.1) is 0 Å². The first-order valence-corrected chi connectivity index (χ1v) is 11.6. The summed E-state index contributed by atoms with van der Waals surface area (Å²) in [5, 5.41) is 2.93. The van der Waals surface area contributed by atoms with Gasteiger partial charge >= 0.3 is 0 Å². The highest BCUT2D eigenvalue weighted by Crippen LogP contribution is 2.30. The van der Waals surface area contributed by atoms with Crippen LogP contribution >= 0.6 is 0 Å². The lowest BCUT2D eigenvalue weighted by atomic mass is 10.0. The van der Waals surface area contributed by atoms with Crippen molar-refractivity contribution >= 4 is 11.6 Å². The van der Waals surface area contributed by atoms with Crippen molar-refractivity contribution in [2.45, 2.75) is 26.3 Å². The quantitative estimate of drug-likeness (QED) is 0.313. The number of imidazole rings is 1. The Labute approximate surface area is 204 Å². The largest absolute Gasteiger partial charge is 0.497 e. The standard InChI is InChI=1S/C29H27N3O3/c1-20-6-3-7-21(16-20)23-11-13-27-31-29(22-8-4-9-24(17-22)34-2)26(32(27)19-23)12-14-28(33)30-18-25-10-5-15-35-25/h3-11,13,15-17,19H,12,14,18H2,1-2H3,(H,30,33). The van der Waals surface area contributed by atoms with Gasteiger partial charge in [0.1, 0.15) is 17.2 Å². The van der Waals surface area contributed by atoms with E-state index in [1.54, 1.807) is 13.4 Å². The number of hydrogen-bond donors (Lipinski definition) is 1. The summed E-state index contributed by atoms with van der Waals surface area (Å²) >= 11 is 0. The molecule has 6 nitrogen and oxygen atoms in total. The molecule has 0 aliphatic heterocycles. The van der Waals surface area contributed by atoms with E-state index in [1.165, 1.54) is 5.56 Å². The maximum atomic E-state index is 12.6. The smallest absolute Gasteiger partial charge is 0.220 e. The number of benzene rings is 2. The number of rotatable bonds is 8. The monoisotopic (exact) mass is 465 g/mol. The molecular formula is C29H27N3O3. The molecule has 0 atom stereocenters. The van der Waals surface area contributed by atoms with Gasteiger partial charge in [0.2, 0.25) is 5.91 Å². The molecule has 5 rings (SSSR count). The number of aryl methyl sites for hydroxylation is 2. The normalized spacial score (nSPS) is 11.0. The fourth-order valence-electron chi connectivity index (χ4n) is 4.25. The van der Waals surface area contributed by atoms with Gasteiger partial charge in [-0.1, -0.05) is 42.0 Å². The average molecular weight is 466 g/mol. The zero-order chi connectivity index (χ0) is 24.2. The molecular weight excluding hydrogens is 438 g/mol. The molecule has 0 saturated carbocycles. The van der Waals surface area contributed by atoms with E-state index in [-0.39, 0.29) is 5.91 Å². The van der Waals surface area contributed by atoms with E-state index in [4.69, 9.17) is 14.1 Å². The van der Waals surface area contributed by atoms with Gasteiger partial charge in [-0.2, -0.15) is 0 Å². The Balaban J connectivity index is 1.50. The average Bonchev–Trinajstić information content (AvgIpc) is 3.54. The molecule has 6 heteroatoms. The second kappa shape index (κ2) is 9.89. The fourth-order valence-corrected chi connectivity index (χ4v) is 4.25. The fraction of sp³-hybridized carbons (Fsp3) is 0.172. The summed E-state index contributed by atoms with van der Waals surface area (Å²) in [5.74, 6) is 1.46. The second-order valence-corrected chi connectivity index (χ2v) is 8.51. The van der Waals surface area contributed by atoms with Gasteiger partial charge in [0.15, 0.2) is 0 Å². The summed E-state index contributed by atoms with van der Waals surface area (Å²) in [6, 6.07) is 24.1. The Bertz CT molecular complexity index is 1470. The number of ether oxygens (including phenoxy) is 1. The number of furan rings is 1. The molecule has 0 unspecified atom stereocenters. The van der Waals surface area contributed by atoms with Crippen molar-refractivity contribution < 1.29 is 13.9 Å². The number of fused-ring (bicyclic) bond motifs is 1. The van der Waals surface area contributed by atoms with E-state index >= 15 is 0 Å². The summed E-state index contributed by atoms with van der Waals surface area (Å²) in [4.78, 5) is 17.6. The molecule has 0 spiro atoms. The Morgan fingerprint density at radius 1 is 1.00 bits per heavy atom. The molecule has 176 valence electrons. The van der Waals surface area contributed by atoms with E-state index in [0.717, 1.165) is 45.2 Å². The summed E-state index contributed by atoms with van der Waals surface area (Å²) in [7, 11) is 1.65. The van der Waals surface area contributed by atoms with E-state index in [0.29, 0.717) is 19.4 Å². The lowest BCUT2D eigenvalue weighted by Gasteiger charge is -2.09. The van der Waals surface area contributed by atoms with Crippen LogP contribution in [0.4, 0.5) is 0 Å². The van der Waals surface area contributed by atoms with Crippen LogP contribution in [0, 0.1) is 6.92 Å². The van der Waals surface area contributed by atoms with Gasteiger partial charge in [0.05, 0.1) is 31.3 Å². The summed E-state index contributed by atoms with van der Waals surface area (Å²) in [5.41, 5.74) is 7.07. The molecule has 0 fully saturated rings. The van der Waals surface area contributed by atoms with Crippen molar-refractivity contribution in [2.24, 2.45) is 0 Å². The summed E-state index contributed by atoms with van der Waals surface area (Å²) < 4.78 is 12.9. The molecule has 35 heavy (non-hydrogen) atoms. The molecule has 0 aliphatic carbocycles. The van der Waals surface area contributed by atoms with Gasteiger partial charge in [-0.3, -0.25) is 4.79 Å². The Morgan fingerprint density at radius 2 is 1.86 bits per heavy atom. The highest BCUT2D eigenvalue weighted by atomic mass is 16.5. The van der Waals surface area contributed by atoms with E-state index in [9.17, 15) is 4.79 Å². The van der Waals surface area contributed by atoms with Gasteiger partial charge in [0, 0.05) is 18.2 Å². The van der Waals surface area contributed by atoms with Crippen molar-refractivity contribution in [1.29, 1.82) is 0 Å². The van der Waals surface area contributed by atoms with Gasteiger partial charge in [0.25, 0.3) is 0 Å². The minimum atomic E-state index is -0.0391. The van der Waals surface area contributed by atoms with Crippen molar-refractivity contribution in [3.05, 3.63) is 102 Å². The van der Waals surface area contributed by atoms with E-state index in [2.05, 4.69) is 53.2 Å². The molecule has 0 bridgehead atoms. The predicted octanol–water partition coefficient (Wildman–Crippen LogP) is 5.83. The highest BCUT2D eigenvalue weighted by molar-refractivity contribution is 5.77. The van der Waals surface area contributed by atoms with Crippen LogP contribution in [0.15, 0.2) is 89.7 Å². The lowest BCUT2D eigenvalue weighted by Crippen LogP contribution is -2.23. The minimum absolute atomic E-state index is 0.0391. The van der Waals surface area contributed by atoms with Crippen LogP contribution in [0.25, 0.3) is 28.0 Å². The molecule has 3 aromatic heterocycles. The van der Waals surface area contributed by atoms with Crippen molar-refractivity contribution in [3.63, 3.8) is 0 Å². The third kappa shape index (κ3) is 4.96. The maximum Gasteiger partial charge on any atom is 0.220 e. The van der Waals surface area contributed by atoms with Gasteiger partial charge in [-0.25, -0.2) is 4.98 Å². The predicted molar refractivity (Wildman–Crippen MR) is 136 cm³/mol. The number of carbonyl (C=O) groups excluding carboxylic acids is 1. The SMILES string of the molecule is COc1cccc(-c2nc3ccc(-c4cccc(C)c4)cn3c2CCC(=O)NCc2ccco2)c1. The van der Waals surface area contributed by atoms with Crippen LogP contribution in [-0.2, 0) is 17.8 Å². The third-order valence-electron chi connectivity index (χ3n) is 6.04. The number of carbonyl (C=O) groups is 1. The van der Waals surface area contributed by atoms with Crippen LogP contribution in [0.1, 0.15) is 23.4 Å². The first-order valence-electron chi connectivity index (χ1n) is 11.6. The molecule has 0 aliphatic rings. The second-order valence-electron chi connectivity index (χ2n) is 8.51. The molecule has 1 amide bonds. The van der Waals surface area contributed by atoms with Gasteiger partial charge in [-0.05, 0) is 60.9 Å². The molecule has 0 radical (unpaired) electrons. The van der Waals surface area contributed by atoms with Crippen molar-refractivity contribution in [2.75, 3.05) is 7.11 Å². The summed E-state index contributed by atoms with van der Waals surface area (Å²) in [6.07, 6.45) is 4.58. The van der Waals surface area contributed by atoms with Crippen LogP contribution in [0.5, 0.6) is 5.75 Å². The number of nitrogens with zero attached hydrogens (tertiary/aromatic N) is 2. The van der Waals surface area contributed by atoms with Crippen LogP contribution < -0.4 is 10.1 Å². The Kier molecular flexibility index (Phi) is 6.35. The number of hydrogen-bond acceptors (Lipinski definition) is 4. The molecule has 3 heterocycles. The highest BCUT2D eigenvalue weighted by Gasteiger charge is 2.17. The first kappa shape index (κ1) is 22.5. The topological polar surface area (TPSA) is 68.8 Å². The van der Waals surface area contributed by atoms with Crippen molar-refractivity contribution in [3.8, 4) is 28.1 Å². The Morgan fingerprint density at radius 3 is 2.66 bits per heavy atom. The number of methoxy groups -OCH3 is 1. The maximum absolute atomic E-state index is 12.6. The molecule has 5 aromatic rings. The first-order chi connectivity index (χ1) is 17.1. The number of aromatic nitrogens is 2. The zero-order valence-corrected chi connectivity index (χ0v) is 19.8. The minimum Gasteiger partial charge on any atom is -0.497 e. The van der Waals surface area contributed by atoms with Crippen LogP contribution in [-0.4, -0.2) is 22.4 Å². The van der Waals surface area contributed by atoms with Crippen molar-refractivity contribution in [1.82, 2.24) is 14.7 Å². The number of nitrogens with one attached hydrogen (secondary N) is 1. The van der Waals surface area contributed by atoms with Gasteiger partial charge < -0.3 is 18.9 Å². The summed E-state index contributed by atoms with van der Waals surface area (Å²) in [6.45, 7) is 2.46.